The summed E-state index contributed by atoms with van der Waals surface area (Å²) < 4.78 is 29.7. The average Bonchev–Trinajstić information content (AvgIpc) is 3.04. The van der Waals surface area contributed by atoms with Crippen molar-refractivity contribution in [1.29, 1.82) is 5.26 Å². The summed E-state index contributed by atoms with van der Waals surface area (Å²) in [5, 5.41) is 19.6. The molecule has 21 heavy (non-hydrogen) atoms. The Morgan fingerprint density at radius 1 is 1.33 bits per heavy atom. The maximum Gasteiger partial charge on any atom is 0.155 e. The van der Waals surface area contributed by atoms with E-state index in [1.807, 2.05) is 4.57 Å². The molecule has 108 valence electrons. The molecule has 0 bridgehead atoms. The molecule has 0 spiro atoms. The molecule has 0 amide bonds. The summed E-state index contributed by atoms with van der Waals surface area (Å²) in [6.45, 7) is 2.59. The Kier molecular flexibility index (Phi) is 3.29. The highest BCUT2D eigenvalue weighted by atomic mass is 19.1. The average molecular weight is 289 g/mol. The van der Waals surface area contributed by atoms with Crippen LogP contribution in [0.2, 0.25) is 0 Å². The second-order valence-electron chi connectivity index (χ2n) is 5.02. The number of nitriles is 1. The van der Waals surface area contributed by atoms with E-state index in [2.05, 4.69) is 15.5 Å². The van der Waals surface area contributed by atoms with Crippen LogP contribution in [0.15, 0.2) is 12.1 Å². The maximum atomic E-state index is 13.9. The number of halogens is 2. The van der Waals surface area contributed by atoms with Crippen LogP contribution in [0.4, 0.5) is 14.5 Å². The lowest BCUT2D eigenvalue weighted by Crippen LogP contribution is -2.15. The Balaban J connectivity index is 1.88. The van der Waals surface area contributed by atoms with E-state index in [0.29, 0.717) is 5.82 Å². The summed E-state index contributed by atoms with van der Waals surface area (Å²) >= 11 is 0. The van der Waals surface area contributed by atoms with Gasteiger partial charge < -0.3 is 9.88 Å². The van der Waals surface area contributed by atoms with Crippen LogP contribution >= 0.6 is 0 Å². The van der Waals surface area contributed by atoms with Crippen LogP contribution in [-0.4, -0.2) is 14.8 Å². The number of nitrogens with one attached hydrogen (secondary N) is 1. The van der Waals surface area contributed by atoms with E-state index in [1.165, 1.54) is 0 Å². The molecule has 1 N–H and O–H groups in total. The number of benzene rings is 1. The van der Waals surface area contributed by atoms with Gasteiger partial charge in [0.25, 0.3) is 0 Å². The summed E-state index contributed by atoms with van der Waals surface area (Å²) in [5.41, 5.74) is -0.302. The standard InChI is InChI=1S/C14H13F2N5/c1-8(14-20-19-12-3-2-4-21(12)14)18-13-10(15)5-9(7-17)6-11(13)16/h5-6,8,18H,2-4H2,1H3. The number of rotatable bonds is 3. The van der Waals surface area contributed by atoms with Crippen LogP contribution in [-0.2, 0) is 13.0 Å². The van der Waals surface area contributed by atoms with Gasteiger partial charge in [-0.15, -0.1) is 10.2 Å². The van der Waals surface area contributed by atoms with Crippen LogP contribution in [0.1, 0.15) is 36.6 Å². The maximum absolute atomic E-state index is 13.9. The molecule has 1 unspecified atom stereocenters. The van der Waals surface area contributed by atoms with E-state index in [4.69, 9.17) is 5.26 Å². The topological polar surface area (TPSA) is 66.5 Å². The van der Waals surface area contributed by atoms with Gasteiger partial charge >= 0.3 is 0 Å². The van der Waals surface area contributed by atoms with E-state index >= 15 is 0 Å². The molecule has 1 aromatic heterocycles. The van der Waals surface area contributed by atoms with Crippen molar-refractivity contribution in [3.63, 3.8) is 0 Å². The van der Waals surface area contributed by atoms with Crippen LogP contribution in [0, 0.1) is 23.0 Å². The lowest BCUT2D eigenvalue weighted by molar-refractivity contribution is 0.578. The first-order valence-corrected chi connectivity index (χ1v) is 6.68. The predicted octanol–water partition coefficient (Wildman–Crippen LogP) is 2.55. The molecule has 0 saturated carbocycles. The van der Waals surface area contributed by atoms with Crippen molar-refractivity contribution >= 4 is 5.69 Å². The first kappa shape index (κ1) is 13.5. The monoisotopic (exact) mass is 289 g/mol. The van der Waals surface area contributed by atoms with Crippen molar-refractivity contribution in [3.05, 3.63) is 41.0 Å². The summed E-state index contributed by atoms with van der Waals surface area (Å²) in [5.74, 6) is -0.0239. The molecule has 3 rings (SSSR count). The molecule has 1 aliphatic heterocycles. The molecule has 0 fully saturated rings. The molecule has 2 aromatic rings. The summed E-state index contributed by atoms with van der Waals surface area (Å²) in [4.78, 5) is 0. The Morgan fingerprint density at radius 3 is 2.71 bits per heavy atom. The van der Waals surface area contributed by atoms with E-state index in [9.17, 15) is 8.78 Å². The van der Waals surface area contributed by atoms with E-state index in [1.54, 1.807) is 13.0 Å². The predicted molar refractivity (Wildman–Crippen MR) is 71.5 cm³/mol. The highest BCUT2D eigenvalue weighted by Crippen LogP contribution is 2.26. The third kappa shape index (κ3) is 2.33. The number of fused-ring (bicyclic) bond motifs is 1. The largest absolute Gasteiger partial charge is 0.371 e. The Hall–Kier alpha value is -2.49. The van der Waals surface area contributed by atoms with E-state index < -0.39 is 11.6 Å². The Bertz CT molecular complexity index is 708. The highest BCUT2D eigenvalue weighted by molar-refractivity contribution is 5.51. The Labute approximate surface area is 120 Å². The lowest BCUT2D eigenvalue weighted by atomic mass is 10.2. The zero-order valence-electron chi connectivity index (χ0n) is 11.4. The minimum absolute atomic E-state index is 0.0495. The molecule has 5 nitrogen and oxygen atoms in total. The van der Waals surface area contributed by atoms with Crippen LogP contribution in [0.25, 0.3) is 0 Å². The number of hydrogen-bond acceptors (Lipinski definition) is 4. The number of nitrogens with zero attached hydrogens (tertiary/aromatic N) is 4. The van der Waals surface area contributed by atoms with Crippen molar-refractivity contribution < 1.29 is 8.78 Å². The first-order valence-electron chi connectivity index (χ1n) is 6.68. The van der Waals surface area contributed by atoms with Crippen LogP contribution in [0.5, 0.6) is 0 Å². The zero-order valence-corrected chi connectivity index (χ0v) is 11.4. The molecule has 1 aliphatic rings. The van der Waals surface area contributed by atoms with Gasteiger partial charge in [-0.1, -0.05) is 0 Å². The number of aromatic nitrogens is 3. The van der Waals surface area contributed by atoms with Gasteiger partial charge in [0.2, 0.25) is 0 Å². The smallest absolute Gasteiger partial charge is 0.155 e. The van der Waals surface area contributed by atoms with E-state index in [-0.39, 0.29) is 17.3 Å². The minimum atomic E-state index is -0.792. The zero-order chi connectivity index (χ0) is 15.0. The van der Waals surface area contributed by atoms with Gasteiger partial charge in [0.15, 0.2) is 17.5 Å². The summed E-state index contributed by atoms with van der Waals surface area (Å²) in [6, 6.07) is 3.34. The summed E-state index contributed by atoms with van der Waals surface area (Å²) in [7, 11) is 0. The van der Waals surface area contributed by atoms with Gasteiger partial charge in [-0.3, -0.25) is 0 Å². The van der Waals surface area contributed by atoms with Crippen molar-refractivity contribution in [1.82, 2.24) is 14.8 Å². The van der Waals surface area contributed by atoms with Gasteiger partial charge in [0.05, 0.1) is 17.7 Å². The number of aryl methyl sites for hydroxylation is 1. The fourth-order valence-electron chi connectivity index (χ4n) is 2.55. The molecule has 0 saturated heterocycles. The van der Waals surface area contributed by atoms with Gasteiger partial charge in [-0.05, 0) is 25.5 Å². The molecule has 0 radical (unpaired) electrons. The van der Waals surface area contributed by atoms with Gasteiger partial charge in [-0.2, -0.15) is 5.26 Å². The highest BCUT2D eigenvalue weighted by Gasteiger charge is 2.23. The quantitative estimate of drug-likeness (QED) is 0.943. The normalized spacial score (nSPS) is 14.6. The fourth-order valence-corrected chi connectivity index (χ4v) is 2.55. The van der Waals surface area contributed by atoms with Gasteiger partial charge in [0.1, 0.15) is 11.5 Å². The van der Waals surface area contributed by atoms with Crippen LogP contribution < -0.4 is 5.32 Å². The van der Waals surface area contributed by atoms with Gasteiger partial charge in [-0.25, -0.2) is 8.78 Å². The first-order chi connectivity index (χ1) is 10.1. The minimum Gasteiger partial charge on any atom is -0.371 e. The van der Waals surface area contributed by atoms with Gasteiger partial charge in [0, 0.05) is 13.0 Å². The van der Waals surface area contributed by atoms with E-state index in [0.717, 1.165) is 37.3 Å². The van der Waals surface area contributed by atoms with Crippen molar-refractivity contribution in [2.75, 3.05) is 5.32 Å². The molecule has 1 aromatic carbocycles. The van der Waals surface area contributed by atoms with Crippen LogP contribution in [0.3, 0.4) is 0 Å². The lowest BCUT2D eigenvalue weighted by Gasteiger charge is -2.16. The number of hydrogen-bond donors (Lipinski definition) is 1. The molecule has 7 heteroatoms. The van der Waals surface area contributed by atoms with Crippen molar-refractivity contribution in [2.24, 2.45) is 0 Å². The fraction of sp³-hybridized carbons (Fsp3) is 0.357. The third-order valence-electron chi connectivity index (χ3n) is 3.56. The summed E-state index contributed by atoms with van der Waals surface area (Å²) in [6.07, 6.45) is 1.88. The molecule has 0 aliphatic carbocycles. The molecule has 2 heterocycles. The second-order valence-corrected chi connectivity index (χ2v) is 5.02. The van der Waals surface area contributed by atoms with Crippen molar-refractivity contribution in [3.8, 4) is 6.07 Å². The number of anilines is 1. The molecule has 1 atom stereocenters. The second kappa shape index (κ2) is 5.13. The molecular weight excluding hydrogens is 276 g/mol. The molecular formula is C14H13F2N5. The SMILES string of the molecule is CC(Nc1c(F)cc(C#N)cc1F)c1nnc2n1CCC2. The third-order valence-corrected chi connectivity index (χ3v) is 3.56. The van der Waals surface area contributed by atoms with Crippen molar-refractivity contribution in [2.45, 2.75) is 32.4 Å². The Morgan fingerprint density at radius 2 is 2.05 bits per heavy atom.